The number of nitrogens with zero attached hydrogens (tertiary/aromatic N) is 1. The molecule has 1 atom stereocenters. The van der Waals surface area contributed by atoms with Crippen molar-refractivity contribution >= 4 is 33.0 Å². The Morgan fingerprint density at radius 3 is 2.38 bits per heavy atom. The maximum Gasteiger partial charge on any atom is 0.406 e. The molecule has 1 amide bonds. The summed E-state index contributed by atoms with van der Waals surface area (Å²) in [7, 11) is -3.81. The number of benzene rings is 1. The highest BCUT2D eigenvalue weighted by molar-refractivity contribution is 7.92. The molecule has 0 unspecified atom stereocenters. The zero-order valence-corrected chi connectivity index (χ0v) is 12.8. The molecule has 0 aliphatic carbocycles. The molecule has 9 heteroatoms. The molecule has 4 nitrogen and oxygen atoms in total. The Morgan fingerprint density at radius 2 is 1.95 bits per heavy atom. The first kappa shape index (κ1) is 17.8. The van der Waals surface area contributed by atoms with Crippen molar-refractivity contribution in [3.63, 3.8) is 0 Å². The lowest BCUT2D eigenvalue weighted by Gasteiger charge is -2.26. The molecular weight excluding hydrogens is 331 g/mol. The van der Waals surface area contributed by atoms with E-state index >= 15 is 0 Å². The quantitative estimate of drug-likeness (QED) is 0.844. The second kappa shape index (κ2) is 6.23. The highest BCUT2D eigenvalue weighted by Gasteiger charge is 2.37. The van der Waals surface area contributed by atoms with Crippen molar-refractivity contribution in [3.8, 4) is 0 Å². The number of carbonyl (C=O) groups excluding carboxylic acids is 1. The van der Waals surface area contributed by atoms with Crippen molar-refractivity contribution in [2.75, 3.05) is 17.7 Å². The second-order valence-electron chi connectivity index (χ2n) is 4.49. The highest BCUT2D eigenvalue weighted by atomic mass is 35.5. The summed E-state index contributed by atoms with van der Waals surface area (Å²) in [5, 5.41) is -1.45. The van der Waals surface area contributed by atoms with Crippen LogP contribution in [0, 0.1) is 0 Å². The van der Waals surface area contributed by atoms with Gasteiger partial charge in [0, 0.05) is 17.0 Å². The van der Waals surface area contributed by atoms with Crippen LogP contribution in [-0.4, -0.2) is 38.6 Å². The molecule has 0 saturated carbocycles. The number of hydrogen-bond acceptors (Lipinski definition) is 3. The van der Waals surface area contributed by atoms with E-state index in [4.69, 9.17) is 11.6 Å². The Labute approximate surface area is 125 Å². The molecule has 0 aromatic heterocycles. The van der Waals surface area contributed by atoms with E-state index in [1.54, 1.807) is 0 Å². The molecule has 0 heterocycles. The van der Waals surface area contributed by atoms with Gasteiger partial charge in [-0.1, -0.05) is 17.7 Å². The molecule has 1 rings (SSSR count). The summed E-state index contributed by atoms with van der Waals surface area (Å²) in [5.41, 5.74) is -0.111. The lowest BCUT2D eigenvalue weighted by Crippen LogP contribution is -2.45. The third kappa shape index (κ3) is 5.20. The van der Waals surface area contributed by atoms with E-state index in [2.05, 4.69) is 0 Å². The maximum atomic E-state index is 12.6. The van der Waals surface area contributed by atoms with Gasteiger partial charge in [0.25, 0.3) is 0 Å². The minimum atomic E-state index is -4.67. The first-order chi connectivity index (χ1) is 9.42. The Bertz CT molecular complexity index is 631. The van der Waals surface area contributed by atoms with Crippen molar-refractivity contribution in [1.29, 1.82) is 0 Å². The normalized spacial score (nSPS) is 13.8. The van der Waals surface area contributed by atoms with Gasteiger partial charge >= 0.3 is 6.18 Å². The summed E-state index contributed by atoms with van der Waals surface area (Å²) < 4.78 is 60.7. The van der Waals surface area contributed by atoms with Gasteiger partial charge < -0.3 is 4.90 Å². The monoisotopic (exact) mass is 343 g/mol. The molecule has 0 aliphatic heterocycles. The van der Waals surface area contributed by atoms with E-state index in [1.165, 1.54) is 24.3 Å². The highest BCUT2D eigenvalue weighted by Crippen LogP contribution is 2.26. The Kier molecular flexibility index (Phi) is 5.27. The van der Waals surface area contributed by atoms with E-state index in [0.29, 0.717) is 4.90 Å². The molecule has 118 valence electrons. The summed E-state index contributed by atoms with van der Waals surface area (Å²) >= 11 is 5.70. The Morgan fingerprint density at radius 1 is 1.38 bits per heavy atom. The lowest BCUT2D eigenvalue weighted by atomic mass is 10.2. The number of alkyl halides is 3. The predicted molar refractivity (Wildman–Crippen MR) is 74.2 cm³/mol. The van der Waals surface area contributed by atoms with Crippen LogP contribution in [0.2, 0.25) is 5.02 Å². The molecule has 0 spiro atoms. The van der Waals surface area contributed by atoms with Crippen LogP contribution in [0.5, 0.6) is 0 Å². The standard InChI is InChI=1S/C12H13ClF3NO3S/c1-8(21(2,19)20)11(18)17(7-12(14,15)16)10-5-3-4-9(13)6-10/h3-6,8H,7H2,1-2H3/t8-/m0/s1. The third-order valence-electron chi connectivity index (χ3n) is 2.71. The zero-order chi connectivity index (χ0) is 16.4. The van der Waals surface area contributed by atoms with Gasteiger partial charge in [0.15, 0.2) is 9.84 Å². The van der Waals surface area contributed by atoms with E-state index in [-0.39, 0.29) is 10.7 Å². The first-order valence-corrected chi connectivity index (χ1v) is 8.07. The van der Waals surface area contributed by atoms with E-state index in [1.807, 2.05) is 0 Å². The van der Waals surface area contributed by atoms with Gasteiger partial charge in [-0.15, -0.1) is 0 Å². The summed E-state index contributed by atoms with van der Waals surface area (Å²) in [6.45, 7) is -0.544. The van der Waals surface area contributed by atoms with Crippen molar-refractivity contribution in [3.05, 3.63) is 29.3 Å². The summed E-state index contributed by atoms with van der Waals surface area (Å²) in [6, 6.07) is 5.23. The van der Waals surface area contributed by atoms with Crippen LogP contribution in [0.25, 0.3) is 0 Å². The van der Waals surface area contributed by atoms with Gasteiger partial charge in [0.2, 0.25) is 5.91 Å². The smallest absolute Gasteiger partial charge is 0.302 e. The minimum Gasteiger partial charge on any atom is -0.302 e. The fraction of sp³-hybridized carbons (Fsp3) is 0.417. The number of amides is 1. The lowest BCUT2D eigenvalue weighted by molar-refractivity contribution is -0.132. The number of hydrogen-bond donors (Lipinski definition) is 0. The fourth-order valence-corrected chi connectivity index (χ4v) is 2.20. The first-order valence-electron chi connectivity index (χ1n) is 5.74. The van der Waals surface area contributed by atoms with Crippen LogP contribution in [0.15, 0.2) is 24.3 Å². The van der Waals surface area contributed by atoms with Crippen molar-refractivity contribution in [1.82, 2.24) is 0 Å². The number of anilines is 1. The van der Waals surface area contributed by atoms with Gasteiger partial charge in [-0.05, 0) is 25.1 Å². The van der Waals surface area contributed by atoms with Gasteiger partial charge in [-0.25, -0.2) is 8.42 Å². The molecule has 1 aromatic carbocycles. The number of rotatable bonds is 4. The molecule has 0 saturated heterocycles. The average molecular weight is 344 g/mol. The van der Waals surface area contributed by atoms with Crippen LogP contribution in [0.3, 0.4) is 0 Å². The number of sulfone groups is 1. The molecule has 0 aliphatic rings. The number of carbonyl (C=O) groups is 1. The number of halogens is 4. The molecule has 0 bridgehead atoms. The van der Waals surface area contributed by atoms with Crippen LogP contribution in [-0.2, 0) is 14.6 Å². The largest absolute Gasteiger partial charge is 0.406 e. The van der Waals surface area contributed by atoms with E-state index in [0.717, 1.165) is 13.2 Å². The summed E-state index contributed by atoms with van der Waals surface area (Å²) in [4.78, 5) is 12.5. The van der Waals surface area contributed by atoms with Gasteiger partial charge in [0.1, 0.15) is 11.8 Å². The van der Waals surface area contributed by atoms with E-state index in [9.17, 15) is 26.4 Å². The predicted octanol–water partition coefficient (Wildman–Crippen LogP) is 2.67. The second-order valence-corrected chi connectivity index (χ2v) is 7.29. The van der Waals surface area contributed by atoms with Crippen molar-refractivity contribution < 1.29 is 26.4 Å². The topological polar surface area (TPSA) is 54.5 Å². The van der Waals surface area contributed by atoms with Gasteiger partial charge in [-0.3, -0.25) is 4.79 Å². The molecule has 21 heavy (non-hydrogen) atoms. The molecule has 1 aromatic rings. The van der Waals surface area contributed by atoms with Gasteiger partial charge in [0.05, 0.1) is 0 Å². The van der Waals surface area contributed by atoms with Crippen LogP contribution in [0.4, 0.5) is 18.9 Å². The average Bonchev–Trinajstić information content (AvgIpc) is 2.32. The van der Waals surface area contributed by atoms with Crippen molar-refractivity contribution in [2.24, 2.45) is 0 Å². The van der Waals surface area contributed by atoms with Crippen LogP contribution in [0.1, 0.15) is 6.92 Å². The third-order valence-corrected chi connectivity index (χ3v) is 4.43. The van der Waals surface area contributed by atoms with E-state index < -0.39 is 33.7 Å². The van der Waals surface area contributed by atoms with Crippen molar-refractivity contribution in [2.45, 2.75) is 18.3 Å². The van der Waals surface area contributed by atoms with Gasteiger partial charge in [-0.2, -0.15) is 13.2 Å². The maximum absolute atomic E-state index is 12.6. The minimum absolute atomic E-state index is 0.111. The summed E-state index contributed by atoms with van der Waals surface area (Å²) in [5.74, 6) is -1.16. The molecule has 0 N–H and O–H groups in total. The zero-order valence-electron chi connectivity index (χ0n) is 11.2. The Hall–Kier alpha value is -1.28. The Balaban J connectivity index is 3.23. The molecule has 0 fully saturated rings. The van der Waals surface area contributed by atoms with Crippen LogP contribution >= 0.6 is 11.6 Å². The summed E-state index contributed by atoms with van der Waals surface area (Å²) in [6.07, 6.45) is -3.88. The molecule has 0 radical (unpaired) electrons. The fourth-order valence-electron chi connectivity index (χ4n) is 1.52. The SMILES string of the molecule is C[C@@H](C(=O)N(CC(F)(F)F)c1cccc(Cl)c1)S(C)(=O)=O. The molecular formula is C12H13ClF3NO3S. The van der Waals surface area contributed by atoms with Crippen LogP contribution < -0.4 is 4.90 Å².